The molecule has 25 heavy (non-hydrogen) atoms. The van der Waals surface area contributed by atoms with Crippen molar-refractivity contribution in [2.75, 3.05) is 38.7 Å². The number of fused-ring (bicyclic) bond motifs is 1. The number of benzene rings is 2. The zero-order valence-corrected chi connectivity index (χ0v) is 14.6. The molecule has 0 fully saturated rings. The van der Waals surface area contributed by atoms with Crippen LogP contribution >= 0.6 is 11.6 Å². The summed E-state index contributed by atoms with van der Waals surface area (Å²) >= 11 is 6.36. The monoisotopic (exact) mass is 355 g/mol. The van der Waals surface area contributed by atoms with Crippen molar-refractivity contribution in [1.29, 1.82) is 5.26 Å². The number of hydrogen-bond donors (Lipinski definition) is 1. The number of hydrogen-bond acceptors (Lipinski definition) is 5. The average Bonchev–Trinajstić information content (AvgIpc) is 2.83. The molecule has 0 spiro atoms. The third-order valence-electron chi connectivity index (χ3n) is 3.87. The van der Waals surface area contributed by atoms with E-state index in [0.717, 1.165) is 22.5 Å². The van der Waals surface area contributed by atoms with E-state index in [0.29, 0.717) is 42.6 Å². The lowest BCUT2D eigenvalue weighted by molar-refractivity contribution is 0.146. The molecule has 0 amide bonds. The Kier molecular flexibility index (Phi) is 5.54. The molecular weight excluding hydrogens is 338 g/mol. The number of rotatable bonds is 5. The molecule has 0 aliphatic carbocycles. The van der Waals surface area contributed by atoms with Crippen molar-refractivity contribution in [3.63, 3.8) is 0 Å². The molecule has 5 nitrogen and oxygen atoms in total. The Morgan fingerprint density at radius 2 is 2.08 bits per heavy atom. The number of anilines is 1. The van der Waals surface area contributed by atoms with E-state index >= 15 is 0 Å². The van der Waals surface area contributed by atoms with Gasteiger partial charge in [0.05, 0.1) is 24.4 Å². The van der Waals surface area contributed by atoms with Crippen molar-refractivity contribution in [3.8, 4) is 11.8 Å². The SMILES string of the molecule is COCCOc1cc2c(cc1C#N)C(c1ccccc1Cl)=NCCN2. The van der Waals surface area contributed by atoms with Gasteiger partial charge < -0.3 is 14.8 Å². The quantitative estimate of drug-likeness (QED) is 0.833. The summed E-state index contributed by atoms with van der Waals surface area (Å²) in [5, 5.41) is 13.5. The fraction of sp³-hybridized carbons (Fsp3) is 0.263. The first-order valence-corrected chi connectivity index (χ1v) is 8.36. The van der Waals surface area contributed by atoms with Gasteiger partial charge in [-0.05, 0) is 12.1 Å². The molecule has 6 heteroatoms. The molecule has 0 unspecified atom stereocenters. The van der Waals surface area contributed by atoms with Crippen LogP contribution in [-0.2, 0) is 4.74 Å². The maximum atomic E-state index is 9.51. The average molecular weight is 356 g/mol. The fourth-order valence-corrected chi connectivity index (χ4v) is 2.92. The van der Waals surface area contributed by atoms with Crippen LogP contribution < -0.4 is 10.1 Å². The van der Waals surface area contributed by atoms with E-state index < -0.39 is 0 Å². The predicted octanol–water partition coefficient (Wildman–Crippen LogP) is 3.50. The van der Waals surface area contributed by atoms with E-state index in [2.05, 4.69) is 16.4 Å². The Bertz CT molecular complexity index is 843. The fourth-order valence-electron chi connectivity index (χ4n) is 2.69. The standard InChI is InChI=1S/C19H18ClN3O2/c1-24-8-9-25-18-11-17-15(10-13(18)12-21)19(23-7-6-22-17)14-4-2-3-5-16(14)20/h2-5,10-11,22H,6-9H2,1H3. The van der Waals surface area contributed by atoms with E-state index in [1.54, 1.807) is 13.2 Å². The lowest BCUT2D eigenvalue weighted by Gasteiger charge is -2.15. The van der Waals surface area contributed by atoms with Crippen LogP contribution in [0.1, 0.15) is 16.7 Å². The highest BCUT2D eigenvalue weighted by molar-refractivity contribution is 6.35. The van der Waals surface area contributed by atoms with Crippen molar-refractivity contribution in [2.24, 2.45) is 4.99 Å². The van der Waals surface area contributed by atoms with Crippen molar-refractivity contribution >= 4 is 23.0 Å². The Morgan fingerprint density at radius 1 is 1.24 bits per heavy atom. The Balaban J connectivity index is 2.06. The lowest BCUT2D eigenvalue weighted by atomic mass is 9.98. The number of benzodiazepines with no additional fused rings is 1. The van der Waals surface area contributed by atoms with Crippen LogP contribution in [0.15, 0.2) is 41.4 Å². The summed E-state index contributed by atoms with van der Waals surface area (Å²) in [6, 6.07) is 13.4. The van der Waals surface area contributed by atoms with Crippen LogP contribution in [-0.4, -0.2) is 39.1 Å². The van der Waals surface area contributed by atoms with Crippen LogP contribution in [0, 0.1) is 11.3 Å². The Hall–Kier alpha value is -2.55. The van der Waals surface area contributed by atoms with Crippen LogP contribution in [0.5, 0.6) is 5.75 Å². The number of ether oxygens (including phenoxy) is 2. The van der Waals surface area contributed by atoms with Crippen molar-refractivity contribution in [3.05, 3.63) is 58.1 Å². The molecule has 0 saturated heterocycles. The van der Waals surface area contributed by atoms with Gasteiger partial charge in [-0.25, -0.2) is 0 Å². The summed E-state index contributed by atoms with van der Waals surface area (Å²) in [6.45, 7) is 2.17. The number of nitrogens with zero attached hydrogens (tertiary/aromatic N) is 2. The summed E-state index contributed by atoms with van der Waals surface area (Å²) in [4.78, 5) is 4.68. The van der Waals surface area contributed by atoms with Crippen LogP contribution in [0.2, 0.25) is 5.02 Å². The Morgan fingerprint density at radius 3 is 2.84 bits per heavy atom. The predicted molar refractivity (Wildman–Crippen MR) is 99.0 cm³/mol. The highest BCUT2D eigenvalue weighted by atomic mass is 35.5. The molecule has 0 bridgehead atoms. The molecule has 128 valence electrons. The van der Waals surface area contributed by atoms with E-state index in [1.807, 2.05) is 30.3 Å². The molecule has 3 rings (SSSR count). The van der Waals surface area contributed by atoms with Crippen LogP contribution in [0.3, 0.4) is 0 Å². The number of nitriles is 1. The van der Waals surface area contributed by atoms with Gasteiger partial charge in [-0.15, -0.1) is 0 Å². The molecule has 0 saturated carbocycles. The van der Waals surface area contributed by atoms with Gasteiger partial charge >= 0.3 is 0 Å². The van der Waals surface area contributed by atoms with Crippen molar-refractivity contribution in [2.45, 2.75) is 0 Å². The maximum Gasteiger partial charge on any atom is 0.139 e. The largest absolute Gasteiger partial charge is 0.490 e. The van der Waals surface area contributed by atoms with E-state index in [4.69, 9.17) is 21.1 Å². The third-order valence-corrected chi connectivity index (χ3v) is 4.20. The van der Waals surface area contributed by atoms with E-state index in [9.17, 15) is 5.26 Å². The molecule has 1 aliphatic rings. The smallest absolute Gasteiger partial charge is 0.139 e. The van der Waals surface area contributed by atoms with Gasteiger partial charge in [0.1, 0.15) is 18.4 Å². The van der Waals surface area contributed by atoms with Gasteiger partial charge in [-0.2, -0.15) is 5.26 Å². The molecule has 1 N–H and O–H groups in total. The van der Waals surface area contributed by atoms with Gasteiger partial charge in [0.15, 0.2) is 0 Å². The first-order valence-electron chi connectivity index (χ1n) is 7.98. The molecular formula is C19H18ClN3O2. The minimum atomic E-state index is 0.384. The first-order chi connectivity index (χ1) is 12.2. The Labute approximate surface area is 151 Å². The van der Waals surface area contributed by atoms with Crippen molar-refractivity contribution < 1.29 is 9.47 Å². The zero-order chi connectivity index (χ0) is 17.6. The molecule has 0 atom stereocenters. The summed E-state index contributed by atoms with van der Waals surface area (Å²) in [5.74, 6) is 0.534. The lowest BCUT2D eigenvalue weighted by Crippen LogP contribution is -2.10. The number of halogens is 1. The summed E-state index contributed by atoms with van der Waals surface area (Å²) in [6.07, 6.45) is 0. The third kappa shape index (κ3) is 3.76. The van der Waals surface area contributed by atoms with Crippen molar-refractivity contribution in [1.82, 2.24) is 0 Å². The minimum absolute atomic E-state index is 0.384. The second-order valence-electron chi connectivity index (χ2n) is 5.48. The van der Waals surface area contributed by atoms with Crippen LogP contribution in [0.4, 0.5) is 5.69 Å². The number of nitrogens with one attached hydrogen (secondary N) is 1. The number of aliphatic imine (C=N–C) groups is 1. The maximum absolute atomic E-state index is 9.51. The molecule has 0 radical (unpaired) electrons. The highest BCUT2D eigenvalue weighted by Crippen LogP contribution is 2.32. The summed E-state index contributed by atoms with van der Waals surface area (Å²) in [5.41, 5.74) is 3.82. The summed E-state index contributed by atoms with van der Waals surface area (Å²) < 4.78 is 10.7. The van der Waals surface area contributed by atoms with E-state index in [-0.39, 0.29) is 0 Å². The first kappa shape index (κ1) is 17.3. The second kappa shape index (κ2) is 8.02. The molecule has 1 heterocycles. The zero-order valence-electron chi connectivity index (χ0n) is 13.9. The normalized spacial score (nSPS) is 13.1. The van der Waals surface area contributed by atoms with Gasteiger partial charge in [-0.1, -0.05) is 29.8 Å². The van der Waals surface area contributed by atoms with Gasteiger partial charge in [0.2, 0.25) is 0 Å². The summed E-state index contributed by atoms with van der Waals surface area (Å²) in [7, 11) is 1.61. The molecule has 2 aromatic rings. The van der Waals surface area contributed by atoms with Gasteiger partial charge in [-0.3, -0.25) is 4.99 Å². The van der Waals surface area contributed by atoms with E-state index in [1.165, 1.54) is 0 Å². The topological polar surface area (TPSA) is 66.6 Å². The molecule has 0 aromatic heterocycles. The minimum Gasteiger partial charge on any atom is -0.490 e. The number of methoxy groups -OCH3 is 1. The molecule has 2 aromatic carbocycles. The highest BCUT2D eigenvalue weighted by Gasteiger charge is 2.20. The second-order valence-corrected chi connectivity index (χ2v) is 5.89. The van der Waals surface area contributed by atoms with Gasteiger partial charge in [0, 0.05) is 41.6 Å². The van der Waals surface area contributed by atoms with Gasteiger partial charge in [0.25, 0.3) is 0 Å². The van der Waals surface area contributed by atoms with Crippen LogP contribution in [0.25, 0.3) is 0 Å². The molecule has 1 aliphatic heterocycles.